The summed E-state index contributed by atoms with van der Waals surface area (Å²) in [6.07, 6.45) is 1.22. The van der Waals surface area contributed by atoms with Crippen molar-refractivity contribution in [2.45, 2.75) is 6.54 Å². The zero-order chi connectivity index (χ0) is 12.4. The Morgan fingerprint density at radius 1 is 1.35 bits per heavy atom. The lowest BCUT2D eigenvalue weighted by molar-refractivity contribution is 0.107. The molecule has 0 unspecified atom stereocenters. The monoisotopic (exact) mass is 257 g/mol. The molecule has 88 valence electrons. The van der Waals surface area contributed by atoms with Gasteiger partial charge < -0.3 is 0 Å². The fourth-order valence-electron chi connectivity index (χ4n) is 1.31. The largest absolute Gasteiger partial charge is 0.274 e. The highest BCUT2D eigenvalue weighted by atomic mass is 35.5. The van der Waals surface area contributed by atoms with Crippen molar-refractivity contribution in [3.8, 4) is 0 Å². The summed E-state index contributed by atoms with van der Waals surface area (Å²) in [4.78, 5) is 10.7. The maximum Gasteiger partial charge on any atom is 0.274 e. The van der Waals surface area contributed by atoms with Gasteiger partial charge in [-0.3, -0.25) is 4.79 Å². The Balaban J connectivity index is 2.28. The quantitative estimate of drug-likeness (QED) is 0.790. The number of hydrogen-bond donors (Lipinski definition) is 0. The molecule has 0 atom stereocenters. The molecule has 0 saturated carbocycles. The Labute approximate surface area is 99.8 Å². The number of aromatic nitrogens is 3. The molecule has 0 N–H and O–H groups in total. The van der Waals surface area contributed by atoms with Gasteiger partial charge in [-0.25, -0.2) is 13.5 Å². The predicted molar refractivity (Wildman–Crippen MR) is 55.7 cm³/mol. The highest BCUT2D eigenvalue weighted by molar-refractivity contribution is 6.67. The van der Waals surface area contributed by atoms with Crippen LogP contribution in [0.4, 0.5) is 8.78 Å². The van der Waals surface area contributed by atoms with Crippen molar-refractivity contribution in [2.24, 2.45) is 0 Å². The van der Waals surface area contributed by atoms with E-state index in [2.05, 4.69) is 10.3 Å². The van der Waals surface area contributed by atoms with E-state index in [0.717, 1.165) is 16.8 Å². The van der Waals surface area contributed by atoms with Crippen molar-refractivity contribution in [2.75, 3.05) is 0 Å². The molecule has 1 aromatic carbocycles. The van der Waals surface area contributed by atoms with E-state index in [0.29, 0.717) is 0 Å². The Morgan fingerprint density at radius 2 is 2.00 bits per heavy atom. The van der Waals surface area contributed by atoms with Gasteiger partial charge in [0, 0.05) is 5.56 Å². The average Bonchev–Trinajstić information content (AvgIpc) is 2.72. The number of rotatable bonds is 3. The Hall–Kier alpha value is -1.82. The van der Waals surface area contributed by atoms with E-state index >= 15 is 0 Å². The third-order valence-corrected chi connectivity index (χ3v) is 2.32. The molecule has 0 aliphatic heterocycles. The summed E-state index contributed by atoms with van der Waals surface area (Å²) in [5.74, 6) is -1.36. The molecule has 0 amide bonds. The molecule has 0 fully saturated rings. The number of nitrogens with zero attached hydrogens (tertiary/aromatic N) is 3. The van der Waals surface area contributed by atoms with Crippen LogP contribution in [-0.4, -0.2) is 20.2 Å². The average molecular weight is 258 g/mol. The fourth-order valence-corrected chi connectivity index (χ4v) is 1.40. The minimum atomic E-state index is -0.773. The topological polar surface area (TPSA) is 47.8 Å². The first-order valence-electron chi connectivity index (χ1n) is 4.61. The third kappa shape index (κ3) is 2.47. The van der Waals surface area contributed by atoms with E-state index in [4.69, 9.17) is 11.6 Å². The second-order valence-corrected chi connectivity index (χ2v) is 3.62. The van der Waals surface area contributed by atoms with Crippen LogP contribution in [0, 0.1) is 11.6 Å². The smallest absolute Gasteiger partial charge is 0.274 e. The van der Waals surface area contributed by atoms with Gasteiger partial charge in [0.1, 0.15) is 11.6 Å². The van der Waals surface area contributed by atoms with Crippen molar-refractivity contribution in [1.82, 2.24) is 15.0 Å². The number of hydrogen-bond acceptors (Lipinski definition) is 3. The summed E-state index contributed by atoms with van der Waals surface area (Å²) in [6.45, 7) is -0.157. The molecule has 0 radical (unpaired) electrons. The van der Waals surface area contributed by atoms with Gasteiger partial charge in [0.2, 0.25) is 0 Å². The van der Waals surface area contributed by atoms with Crippen LogP contribution in [0.25, 0.3) is 0 Å². The van der Waals surface area contributed by atoms with Crippen molar-refractivity contribution >= 4 is 16.8 Å². The van der Waals surface area contributed by atoms with Crippen LogP contribution in [0.5, 0.6) is 0 Å². The van der Waals surface area contributed by atoms with Crippen molar-refractivity contribution in [3.05, 3.63) is 47.3 Å². The first kappa shape index (κ1) is 11.7. The van der Waals surface area contributed by atoms with Crippen LogP contribution < -0.4 is 0 Å². The lowest BCUT2D eigenvalue weighted by atomic mass is 10.2. The molecule has 0 aliphatic rings. The van der Waals surface area contributed by atoms with Gasteiger partial charge in [0.05, 0.1) is 12.7 Å². The fraction of sp³-hybridized carbons (Fsp3) is 0.100. The van der Waals surface area contributed by atoms with Gasteiger partial charge in [-0.1, -0.05) is 11.3 Å². The molecular formula is C10H6ClF2N3O. The second-order valence-electron chi connectivity index (χ2n) is 3.28. The van der Waals surface area contributed by atoms with Gasteiger partial charge in [-0.2, -0.15) is 0 Å². The molecule has 0 bridgehead atoms. The molecule has 17 heavy (non-hydrogen) atoms. The van der Waals surface area contributed by atoms with Crippen LogP contribution in [0.3, 0.4) is 0 Å². The molecule has 1 heterocycles. The summed E-state index contributed by atoms with van der Waals surface area (Å²) in [5, 5.41) is 6.23. The minimum absolute atomic E-state index is 0.0663. The Kier molecular flexibility index (Phi) is 3.14. The number of halogens is 3. The van der Waals surface area contributed by atoms with Gasteiger partial charge in [-0.05, 0) is 23.7 Å². The maximum atomic E-state index is 13.3. The molecule has 2 rings (SSSR count). The summed E-state index contributed by atoms with van der Waals surface area (Å²) in [7, 11) is 0. The highest BCUT2D eigenvalue weighted by Crippen LogP contribution is 2.13. The summed E-state index contributed by atoms with van der Waals surface area (Å²) in [5.41, 5.74) is -0.214. The van der Waals surface area contributed by atoms with Gasteiger partial charge in [0.15, 0.2) is 5.69 Å². The van der Waals surface area contributed by atoms with Crippen LogP contribution in [-0.2, 0) is 6.54 Å². The van der Waals surface area contributed by atoms with Crippen molar-refractivity contribution in [1.29, 1.82) is 0 Å². The molecule has 7 heteroatoms. The van der Waals surface area contributed by atoms with Gasteiger partial charge in [-0.15, -0.1) is 5.10 Å². The van der Waals surface area contributed by atoms with E-state index in [1.165, 1.54) is 12.3 Å². The third-order valence-electron chi connectivity index (χ3n) is 2.12. The molecule has 0 spiro atoms. The summed E-state index contributed by atoms with van der Waals surface area (Å²) < 4.78 is 27.7. The van der Waals surface area contributed by atoms with Gasteiger partial charge >= 0.3 is 0 Å². The zero-order valence-corrected chi connectivity index (χ0v) is 9.16. The summed E-state index contributed by atoms with van der Waals surface area (Å²) >= 11 is 5.18. The lowest BCUT2D eigenvalue weighted by Crippen LogP contribution is -2.05. The van der Waals surface area contributed by atoms with Crippen LogP contribution in [0.2, 0.25) is 0 Å². The molecular weight excluding hydrogens is 252 g/mol. The number of benzene rings is 1. The second kappa shape index (κ2) is 4.58. The first-order chi connectivity index (χ1) is 8.08. The van der Waals surface area contributed by atoms with E-state index in [1.54, 1.807) is 0 Å². The van der Waals surface area contributed by atoms with Crippen LogP contribution >= 0.6 is 11.6 Å². The molecule has 4 nitrogen and oxygen atoms in total. The highest BCUT2D eigenvalue weighted by Gasteiger charge is 2.12. The van der Waals surface area contributed by atoms with E-state index in [1.807, 2.05) is 0 Å². The Bertz CT molecular complexity index is 550. The minimum Gasteiger partial charge on any atom is -0.274 e. The Morgan fingerprint density at radius 3 is 2.53 bits per heavy atom. The predicted octanol–water partition coefficient (Wildman–Crippen LogP) is 1.98. The molecule has 0 saturated heterocycles. The van der Waals surface area contributed by atoms with E-state index in [-0.39, 0.29) is 17.8 Å². The summed E-state index contributed by atoms with van der Waals surface area (Å²) in [6, 6.07) is 3.55. The van der Waals surface area contributed by atoms with Crippen molar-refractivity contribution in [3.63, 3.8) is 0 Å². The normalized spacial score (nSPS) is 10.5. The zero-order valence-electron chi connectivity index (χ0n) is 8.40. The molecule has 0 aliphatic carbocycles. The number of carbonyl (C=O) groups excluding carboxylic acids is 1. The SMILES string of the molecule is O=C(Cl)c1cn(Cc2c(F)cccc2F)nn1. The van der Waals surface area contributed by atoms with E-state index < -0.39 is 16.9 Å². The van der Waals surface area contributed by atoms with Gasteiger partial charge in [0.25, 0.3) is 5.24 Å². The molecule has 2 aromatic rings. The standard InChI is InChI=1S/C10H6ClF2N3O/c11-10(17)9-5-16(15-14-9)4-6-7(12)2-1-3-8(6)13/h1-3,5H,4H2. The first-order valence-corrected chi connectivity index (χ1v) is 4.98. The van der Waals surface area contributed by atoms with Crippen LogP contribution in [0.15, 0.2) is 24.4 Å². The van der Waals surface area contributed by atoms with Crippen LogP contribution in [0.1, 0.15) is 16.1 Å². The molecule has 1 aromatic heterocycles. The van der Waals surface area contributed by atoms with E-state index in [9.17, 15) is 13.6 Å². The lowest BCUT2D eigenvalue weighted by Gasteiger charge is -2.03. The number of carbonyl (C=O) groups is 1. The maximum absolute atomic E-state index is 13.3. The van der Waals surface area contributed by atoms with Crippen molar-refractivity contribution < 1.29 is 13.6 Å².